The van der Waals surface area contributed by atoms with Crippen LogP contribution in [0.25, 0.3) is 0 Å². The van der Waals surface area contributed by atoms with E-state index < -0.39 is 6.29 Å². The predicted octanol–water partition coefficient (Wildman–Crippen LogP) is -0.165. The molecule has 13 heavy (non-hydrogen) atoms. The minimum atomic E-state index is -0.655. The fourth-order valence-electron chi connectivity index (χ4n) is 0.965. The summed E-state index contributed by atoms with van der Waals surface area (Å²) >= 11 is 0. The zero-order valence-electron chi connectivity index (χ0n) is 9.16. The van der Waals surface area contributed by atoms with Crippen molar-refractivity contribution in [1.82, 2.24) is 9.80 Å². The van der Waals surface area contributed by atoms with E-state index in [4.69, 9.17) is 4.74 Å². The van der Waals surface area contributed by atoms with E-state index in [1.54, 1.807) is 0 Å². The van der Waals surface area contributed by atoms with Crippen LogP contribution in [-0.4, -0.2) is 69.1 Å². The third-order valence-electron chi connectivity index (χ3n) is 1.58. The lowest BCUT2D eigenvalue weighted by atomic mass is 10.4. The maximum atomic E-state index is 9.31. The lowest BCUT2D eigenvalue weighted by Gasteiger charge is -2.17. The quantitative estimate of drug-likeness (QED) is 0.447. The lowest BCUT2D eigenvalue weighted by molar-refractivity contribution is -0.109. The summed E-state index contributed by atoms with van der Waals surface area (Å²) in [5.74, 6) is 0. The van der Waals surface area contributed by atoms with Crippen molar-refractivity contribution in [1.29, 1.82) is 0 Å². The van der Waals surface area contributed by atoms with Crippen molar-refractivity contribution in [2.24, 2.45) is 0 Å². The predicted molar refractivity (Wildman–Crippen MR) is 53.7 cm³/mol. The molecule has 0 saturated carbocycles. The number of aliphatic hydroxyl groups excluding tert-OH is 1. The Labute approximate surface area is 81.1 Å². The minimum absolute atomic E-state index is 0.558. The van der Waals surface area contributed by atoms with Crippen LogP contribution < -0.4 is 0 Å². The monoisotopic (exact) mass is 190 g/mol. The summed E-state index contributed by atoms with van der Waals surface area (Å²) < 4.78 is 5.19. The highest BCUT2D eigenvalue weighted by molar-refractivity contribution is 4.48. The summed E-state index contributed by atoms with van der Waals surface area (Å²) in [4.78, 5) is 4.00. The standard InChI is InChI=1S/C9H22N2O2/c1-10(2)6-5-7-13-9(12)8-11(3)4/h9,12H,5-8H2,1-4H3. The summed E-state index contributed by atoms with van der Waals surface area (Å²) in [7, 11) is 7.87. The van der Waals surface area contributed by atoms with Gasteiger partial charge in [-0.1, -0.05) is 0 Å². The van der Waals surface area contributed by atoms with Crippen LogP contribution in [0.4, 0.5) is 0 Å². The minimum Gasteiger partial charge on any atom is -0.367 e. The number of likely N-dealkylation sites (N-methyl/N-ethyl adjacent to an activating group) is 1. The van der Waals surface area contributed by atoms with Gasteiger partial charge in [-0.05, 0) is 41.2 Å². The van der Waals surface area contributed by atoms with E-state index in [9.17, 15) is 5.11 Å². The van der Waals surface area contributed by atoms with Crippen LogP contribution in [0.15, 0.2) is 0 Å². The van der Waals surface area contributed by atoms with Crippen LogP contribution in [0.3, 0.4) is 0 Å². The maximum absolute atomic E-state index is 9.31. The smallest absolute Gasteiger partial charge is 0.167 e. The van der Waals surface area contributed by atoms with Gasteiger partial charge in [-0.2, -0.15) is 0 Å². The molecular formula is C9H22N2O2. The molecule has 0 bridgehead atoms. The van der Waals surface area contributed by atoms with Crippen LogP contribution in [-0.2, 0) is 4.74 Å². The summed E-state index contributed by atoms with van der Waals surface area (Å²) in [6.07, 6.45) is 0.300. The molecule has 0 spiro atoms. The Bertz CT molecular complexity index is 118. The summed E-state index contributed by atoms with van der Waals surface area (Å²) in [5, 5.41) is 9.31. The molecule has 0 fully saturated rings. The van der Waals surface area contributed by atoms with E-state index in [2.05, 4.69) is 4.90 Å². The van der Waals surface area contributed by atoms with E-state index in [0.29, 0.717) is 13.2 Å². The van der Waals surface area contributed by atoms with Gasteiger partial charge in [0.25, 0.3) is 0 Å². The molecular weight excluding hydrogens is 168 g/mol. The van der Waals surface area contributed by atoms with Crippen molar-refractivity contribution in [2.45, 2.75) is 12.7 Å². The van der Waals surface area contributed by atoms with Crippen LogP contribution in [0.1, 0.15) is 6.42 Å². The van der Waals surface area contributed by atoms with Crippen molar-refractivity contribution in [2.75, 3.05) is 47.9 Å². The summed E-state index contributed by atoms with van der Waals surface area (Å²) in [5.41, 5.74) is 0. The van der Waals surface area contributed by atoms with Crippen molar-refractivity contribution < 1.29 is 9.84 Å². The Morgan fingerprint density at radius 3 is 2.23 bits per heavy atom. The van der Waals surface area contributed by atoms with Crippen molar-refractivity contribution in [3.63, 3.8) is 0 Å². The molecule has 0 saturated heterocycles. The zero-order chi connectivity index (χ0) is 10.3. The van der Waals surface area contributed by atoms with Crippen molar-refractivity contribution >= 4 is 0 Å². The number of aliphatic hydroxyl groups is 1. The summed E-state index contributed by atoms with van der Waals surface area (Å²) in [6, 6.07) is 0. The molecule has 0 aliphatic heterocycles. The highest BCUT2D eigenvalue weighted by Crippen LogP contribution is 1.92. The molecule has 4 heteroatoms. The highest BCUT2D eigenvalue weighted by atomic mass is 16.6. The summed E-state index contributed by atoms with van der Waals surface area (Å²) in [6.45, 7) is 2.17. The third kappa shape index (κ3) is 9.76. The van der Waals surface area contributed by atoms with E-state index in [-0.39, 0.29) is 0 Å². The van der Waals surface area contributed by atoms with Gasteiger partial charge < -0.3 is 19.6 Å². The second-order valence-corrected chi connectivity index (χ2v) is 3.74. The van der Waals surface area contributed by atoms with Gasteiger partial charge in [0, 0.05) is 6.54 Å². The second kappa shape index (κ2) is 7.26. The zero-order valence-corrected chi connectivity index (χ0v) is 9.16. The Morgan fingerprint density at radius 2 is 1.77 bits per heavy atom. The lowest BCUT2D eigenvalue weighted by Crippen LogP contribution is -2.28. The molecule has 0 rings (SSSR count). The number of ether oxygens (including phenoxy) is 1. The number of hydrogen-bond donors (Lipinski definition) is 1. The molecule has 0 aliphatic rings. The topological polar surface area (TPSA) is 35.9 Å². The average molecular weight is 190 g/mol. The molecule has 0 aliphatic carbocycles. The van der Waals surface area contributed by atoms with E-state index in [1.807, 2.05) is 33.1 Å². The Kier molecular flexibility index (Phi) is 7.17. The first-order valence-electron chi connectivity index (χ1n) is 4.61. The molecule has 0 heterocycles. The highest BCUT2D eigenvalue weighted by Gasteiger charge is 2.04. The molecule has 1 atom stereocenters. The maximum Gasteiger partial charge on any atom is 0.167 e. The van der Waals surface area contributed by atoms with Gasteiger partial charge in [0.1, 0.15) is 0 Å². The Morgan fingerprint density at radius 1 is 1.15 bits per heavy atom. The molecule has 1 unspecified atom stereocenters. The Balaban J connectivity index is 3.22. The average Bonchev–Trinajstić information content (AvgIpc) is 1.96. The van der Waals surface area contributed by atoms with Gasteiger partial charge >= 0.3 is 0 Å². The second-order valence-electron chi connectivity index (χ2n) is 3.74. The molecule has 4 nitrogen and oxygen atoms in total. The SMILES string of the molecule is CN(C)CCCOC(O)CN(C)C. The first-order chi connectivity index (χ1) is 6.02. The van der Waals surface area contributed by atoms with Crippen LogP contribution in [0.2, 0.25) is 0 Å². The van der Waals surface area contributed by atoms with Crippen LogP contribution in [0, 0.1) is 0 Å². The van der Waals surface area contributed by atoms with E-state index >= 15 is 0 Å². The van der Waals surface area contributed by atoms with Gasteiger partial charge in [0.05, 0.1) is 6.61 Å². The van der Waals surface area contributed by atoms with Crippen LogP contribution >= 0.6 is 0 Å². The number of hydrogen-bond acceptors (Lipinski definition) is 4. The van der Waals surface area contributed by atoms with Crippen molar-refractivity contribution in [3.8, 4) is 0 Å². The first-order valence-corrected chi connectivity index (χ1v) is 4.61. The van der Waals surface area contributed by atoms with Gasteiger partial charge in [0.15, 0.2) is 6.29 Å². The molecule has 0 amide bonds. The van der Waals surface area contributed by atoms with Gasteiger partial charge in [-0.3, -0.25) is 0 Å². The van der Waals surface area contributed by atoms with E-state index in [0.717, 1.165) is 13.0 Å². The molecule has 0 radical (unpaired) electrons. The molecule has 0 aromatic carbocycles. The van der Waals surface area contributed by atoms with E-state index in [1.165, 1.54) is 0 Å². The fourth-order valence-corrected chi connectivity index (χ4v) is 0.965. The fraction of sp³-hybridized carbons (Fsp3) is 1.00. The van der Waals surface area contributed by atoms with Crippen molar-refractivity contribution in [3.05, 3.63) is 0 Å². The number of nitrogens with zero attached hydrogens (tertiary/aromatic N) is 2. The molecule has 1 N–H and O–H groups in total. The normalized spacial score (nSPS) is 14.1. The number of rotatable bonds is 7. The van der Waals surface area contributed by atoms with Gasteiger partial charge in [-0.15, -0.1) is 0 Å². The van der Waals surface area contributed by atoms with Gasteiger partial charge in [0.2, 0.25) is 0 Å². The largest absolute Gasteiger partial charge is 0.367 e. The molecule has 80 valence electrons. The van der Waals surface area contributed by atoms with Gasteiger partial charge in [-0.25, -0.2) is 0 Å². The molecule has 0 aromatic rings. The molecule has 0 aromatic heterocycles. The third-order valence-corrected chi connectivity index (χ3v) is 1.58. The Hall–Kier alpha value is -0.160. The first kappa shape index (κ1) is 12.8. The van der Waals surface area contributed by atoms with Crippen LogP contribution in [0.5, 0.6) is 0 Å².